The number of rotatable bonds is 4. The van der Waals surface area contributed by atoms with Gasteiger partial charge in [0.1, 0.15) is 5.69 Å². The summed E-state index contributed by atoms with van der Waals surface area (Å²) in [5.41, 5.74) is 3.98. The fourth-order valence-electron chi connectivity index (χ4n) is 2.24. The molecule has 1 aromatic heterocycles. The molecule has 0 aliphatic rings. The van der Waals surface area contributed by atoms with Crippen LogP contribution in [0.4, 0.5) is 17.1 Å². The second-order valence-corrected chi connectivity index (χ2v) is 6.21. The van der Waals surface area contributed by atoms with E-state index in [0.29, 0.717) is 5.69 Å². The number of benzene rings is 2. The highest BCUT2D eigenvalue weighted by Gasteiger charge is 2.08. The highest BCUT2D eigenvalue weighted by atomic mass is 79.9. The molecule has 3 rings (SSSR count). The van der Waals surface area contributed by atoms with Gasteiger partial charge >= 0.3 is 0 Å². The van der Waals surface area contributed by atoms with Crippen molar-refractivity contribution in [1.82, 2.24) is 4.98 Å². The van der Waals surface area contributed by atoms with E-state index in [9.17, 15) is 4.79 Å². The summed E-state index contributed by atoms with van der Waals surface area (Å²) in [6.45, 7) is 1.98. The molecule has 0 saturated heterocycles. The number of anilines is 3. The number of carbonyl (C=O) groups excluding carboxylic acids is 1. The van der Waals surface area contributed by atoms with Crippen molar-refractivity contribution < 1.29 is 4.79 Å². The van der Waals surface area contributed by atoms with E-state index in [0.717, 1.165) is 27.1 Å². The van der Waals surface area contributed by atoms with Crippen LogP contribution in [0.15, 0.2) is 71.3 Å². The summed E-state index contributed by atoms with van der Waals surface area (Å²) < 4.78 is 0.964. The molecular formula is C19H16BrN3O. The standard InChI is InChI=1S/C19H16BrN3O/c1-13-5-4-6-14(11-13)23-19(24)18-10-9-15(12-21-18)22-17-8-3-2-7-16(17)20/h2-12,22H,1H3,(H,23,24). The quantitative estimate of drug-likeness (QED) is 0.656. The maximum absolute atomic E-state index is 12.2. The Kier molecular flexibility index (Phi) is 4.91. The number of halogens is 1. The van der Waals surface area contributed by atoms with Gasteiger partial charge in [-0.1, -0.05) is 24.3 Å². The van der Waals surface area contributed by atoms with E-state index in [1.807, 2.05) is 61.5 Å². The molecule has 0 aliphatic heterocycles. The van der Waals surface area contributed by atoms with Crippen molar-refractivity contribution in [2.75, 3.05) is 10.6 Å². The molecule has 120 valence electrons. The molecule has 4 nitrogen and oxygen atoms in total. The monoisotopic (exact) mass is 381 g/mol. The predicted octanol–water partition coefficient (Wildman–Crippen LogP) is 5.15. The lowest BCUT2D eigenvalue weighted by atomic mass is 10.2. The van der Waals surface area contributed by atoms with Gasteiger partial charge in [-0.05, 0) is 64.8 Å². The van der Waals surface area contributed by atoms with Gasteiger partial charge in [0.25, 0.3) is 5.91 Å². The topological polar surface area (TPSA) is 54.0 Å². The molecule has 0 unspecified atom stereocenters. The van der Waals surface area contributed by atoms with Crippen molar-refractivity contribution in [2.24, 2.45) is 0 Å². The minimum atomic E-state index is -0.229. The van der Waals surface area contributed by atoms with Crippen LogP contribution in [0.2, 0.25) is 0 Å². The second kappa shape index (κ2) is 7.27. The first kappa shape index (κ1) is 16.2. The van der Waals surface area contributed by atoms with Gasteiger partial charge in [0.2, 0.25) is 0 Å². The first-order valence-electron chi connectivity index (χ1n) is 7.47. The van der Waals surface area contributed by atoms with Crippen LogP contribution in [-0.2, 0) is 0 Å². The third-order valence-corrected chi connectivity index (χ3v) is 4.12. The Balaban J connectivity index is 1.70. The average molecular weight is 382 g/mol. The molecule has 1 heterocycles. The van der Waals surface area contributed by atoms with E-state index >= 15 is 0 Å². The van der Waals surface area contributed by atoms with Crippen LogP contribution in [0, 0.1) is 6.92 Å². The first-order chi connectivity index (χ1) is 11.6. The number of amides is 1. The number of hydrogen-bond donors (Lipinski definition) is 2. The van der Waals surface area contributed by atoms with Crippen LogP contribution in [0.5, 0.6) is 0 Å². The zero-order valence-electron chi connectivity index (χ0n) is 13.1. The number of aromatic nitrogens is 1. The Labute approximate surface area is 149 Å². The average Bonchev–Trinajstić information content (AvgIpc) is 2.57. The number of hydrogen-bond acceptors (Lipinski definition) is 3. The van der Waals surface area contributed by atoms with Gasteiger partial charge in [0, 0.05) is 10.2 Å². The van der Waals surface area contributed by atoms with E-state index in [1.165, 1.54) is 0 Å². The van der Waals surface area contributed by atoms with E-state index in [4.69, 9.17) is 0 Å². The zero-order valence-corrected chi connectivity index (χ0v) is 14.7. The van der Waals surface area contributed by atoms with E-state index < -0.39 is 0 Å². The summed E-state index contributed by atoms with van der Waals surface area (Å²) in [6, 6.07) is 19.0. The fourth-order valence-corrected chi connectivity index (χ4v) is 2.62. The summed E-state index contributed by atoms with van der Waals surface area (Å²) in [4.78, 5) is 16.5. The van der Waals surface area contributed by atoms with Gasteiger partial charge in [-0.15, -0.1) is 0 Å². The molecule has 0 bridgehead atoms. The van der Waals surface area contributed by atoms with Gasteiger partial charge in [0.15, 0.2) is 0 Å². The van der Waals surface area contributed by atoms with E-state index in [2.05, 4.69) is 31.5 Å². The van der Waals surface area contributed by atoms with Crippen LogP contribution < -0.4 is 10.6 Å². The molecule has 0 saturated carbocycles. The van der Waals surface area contributed by atoms with Gasteiger partial charge < -0.3 is 10.6 Å². The Hall–Kier alpha value is -2.66. The summed E-state index contributed by atoms with van der Waals surface area (Å²) in [5.74, 6) is -0.229. The molecule has 2 N–H and O–H groups in total. The Morgan fingerprint density at radius 2 is 1.83 bits per heavy atom. The third kappa shape index (κ3) is 4.00. The summed E-state index contributed by atoms with van der Waals surface area (Å²) in [6.07, 6.45) is 1.64. The molecular weight excluding hydrogens is 366 g/mol. The van der Waals surface area contributed by atoms with Crippen molar-refractivity contribution >= 4 is 38.9 Å². The zero-order chi connectivity index (χ0) is 16.9. The van der Waals surface area contributed by atoms with Crippen LogP contribution in [0.1, 0.15) is 16.1 Å². The summed E-state index contributed by atoms with van der Waals surface area (Å²) >= 11 is 3.49. The lowest BCUT2D eigenvalue weighted by Crippen LogP contribution is -2.13. The van der Waals surface area contributed by atoms with Crippen molar-refractivity contribution in [3.8, 4) is 0 Å². The molecule has 1 amide bonds. The van der Waals surface area contributed by atoms with E-state index in [-0.39, 0.29) is 5.91 Å². The summed E-state index contributed by atoms with van der Waals surface area (Å²) in [7, 11) is 0. The smallest absolute Gasteiger partial charge is 0.274 e. The molecule has 5 heteroatoms. The van der Waals surface area contributed by atoms with Crippen molar-refractivity contribution in [1.29, 1.82) is 0 Å². The fraction of sp³-hybridized carbons (Fsp3) is 0.0526. The molecule has 3 aromatic rings. The van der Waals surface area contributed by atoms with Crippen LogP contribution in [-0.4, -0.2) is 10.9 Å². The number of nitrogens with one attached hydrogen (secondary N) is 2. The SMILES string of the molecule is Cc1cccc(NC(=O)c2ccc(Nc3ccccc3Br)cn2)c1. The van der Waals surface area contributed by atoms with Gasteiger partial charge in [-0.3, -0.25) is 4.79 Å². The highest BCUT2D eigenvalue weighted by Crippen LogP contribution is 2.25. The number of nitrogens with zero attached hydrogens (tertiary/aromatic N) is 1. The number of carbonyl (C=O) groups is 1. The maximum atomic E-state index is 12.2. The molecule has 24 heavy (non-hydrogen) atoms. The lowest BCUT2D eigenvalue weighted by Gasteiger charge is -2.09. The van der Waals surface area contributed by atoms with Gasteiger partial charge in [0.05, 0.1) is 17.6 Å². The Morgan fingerprint density at radius 3 is 2.54 bits per heavy atom. The molecule has 2 aromatic carbocycles. The summed E-state index contributed by atoms with van der Waals surface area (Å²) in [5, 5.41) is 6.10. The van der Waals surface area contributed by atoms with Crippen LogP contribution in [0.3, 0.4) is 0 Å². The molecule has 0 atom stereocenters. The van der Waals surface area contributed by atoms with Crippen LogP contribution >= 0.6 is 15.9 Å². The highest BCUT2D eigenvalue weighted by molar-refractivity contribution is 9.10. The number of aryl methyl sites for hydroxylation is 1. The first-order valence-corrected chi connectivity index (χ1v) is 8.27. The van der Waals surface area contributed by atoms with Gasteiger partial charge in [-0.25, -0.2) is 4.98 Å². The second-order valence-electron chi connectivity index (χ2n) is 5.36. The maximum Gasteiger partial charge on any atom is 0.274 e. The molecule has 0 radical (unpaired) electrons. The molecule has 0 spiro atoms. The molecule has 0 fully saturated rings. The van der Waals surface area contributed by atoms with Gasteiger partial charge in [-0.2, -0.15) is 0 Å². The third-order valence-electron chi connectivity index (χ3n) is 3.42. The Bertz CT molecular complexity index is 862. The van der Waals surface area contributed by atoms with Crippen molar-refractivity contribution in [3.63, 3.8) is 0 Å². The Morgan fingerprint density at radius 1 is 1.00 bits per heavy atom. The number of para-hydroxylation sites is 1. The minimum absolute atomic E-state index is 0.229. The normalized spacial score (nSPS) is 10.2. The van der Waals surface area contributed by atoms with Crippen molar-refractivity contribution in [2.45, 2.75) is 6.92 Å². The van der Waals surface area contributed by atoms with E-state index in [1.54, 1.807) is 12.3 Å². The minimum Gasteiger partial charge on any atom is -0.353 e. The lowest BCUT2D eigenvalue weighted by molar-refractivity contribution is 0.102. The predicted molar refractivity (Wildman–Crippen MR) is 101 cm³/mol. The molecule has 0 aliphatic carbocycles. The van der Waals surface area contributed by atoms with Crippen LogP contribution in [0.25, 0.3) is 0 Å². The number of pyridine rings is 1. The largest absolute Gasteiger partial charge is 0.353 e. The van der Waals surface area contributed by atoms with Crippen molar-refractivity contribution in [3.05, 3.63) is 82.6 Å².